The third-order valence-electron chi connectivity index (χ3n) is 3.66. The van der Waals surface area contributed by atoms with Crippen LogP contribution < -0.4 is 0 Å². The number of carbonyl (C=O) groups is 1. The highest BCUT2D eigenvalue weighted by Gasteiger charge is 2.23. The molecule has 1 unspecified atom stereocenters. The van der Waals surface area contributed by atoms with Crippen LogP contribution in [0.3, 0.4) is 0 Å². The van der Waals surface area contributed by atoms with Crippen molar-refractivity contribution in [3.63, 3.8) is 0 Å². The van der Waals surface area contributed by atoms with Gasteiger partial charge in [0.25, 0.3) is 0 Å². The molecule has 0 radical (unpaired) electrons. The number of hydrogen-bond donors (Lipinski definition) is 0. The third kappa shape index (κ3) is 2.93. The summed E-state index contributed by atoms with van der Waals surface area (Å²) >= 11 is 0. The second kappa shape index (κ2) is 5.43. The summed E-state index contributed by atoms with van der Waals surface area (Å²) in [4.78, 5) is 15.7. The van der Waals surface area contributed by atoms with E-state index in [0.717, 1.165) is 18.7 Å². The van der Waals surface area contributed by atoms with E-state index >= 15 is 0 Å². The van der Waals surface area contributed by atoms with Crippen LogP contribution in [-0.2, 0) is 4.79 Å². The van der Waals surface area contributed by atoms with E-state index in [-0.39, 0.29) is 11.7 Å². The van der Waals surface area contributed by atoms with Crippen LogP contribution in [0.5, 0.6) is 0 Å². The summed E-state index contributed by atoms with van der Waals surface area (Å²) in [6, 6.07) is 0. The van der Waals surface area contributed by atoms with E-state index in [1.54, 1.807) is 6.92 Å². The van der Waals surface area contributed by atoms with Gasteiger partial charge in [0, 0.05) is 5.92 Å². The van der Waals surface area contributed by atoms with E-state index in [9.17, 15) is 4.79 Å². The first-order chi connectivity index (χ1) is 8.18. The summed E-state index contributed by atoms with van der Waals surface area (Å²) in [5.41, 5.74) is 0. The molecule has 1 fully saturated rings. The van der Waals surface area contributed by atoms with Crippen molar-refractivity contribution in [2.75, 3.05) is 0 Å². The molecular formula is C13H20N2O2. The molecule has 0 saturated heterocycles. The lowest BCUT2D eigenvalue weighted by Crippen LogP contribution is -2.05. The second-order valence-corrected chi connectivity index (χ2v) is 5.01. The van der Waals surface area contributed by atoms with Crippen LogP contribution in [0.15, 0.2) is 4.52 Å². The predicted molar refractivity (Wildman–Crippen MR) is 63.8 cm³/mol. The maximum Gasteiger partial charge on any atom is 0.236 e. The molecule has 0 bridgehead atoms. The van der Waals surface area contributed by atoms with E-state index in [2.05, 4.69) is 10.1 Å². The first kappa shape index (κ1) is 12.3. The van der Waals surface area contributed by atoms with E-state index < -0.39 is 0 Å². The fourth-order valence-electron chi connectivity index (χ4n) is 2.30. The Balaban J connectivity index is 2.08. The molecule has 4 heteroatoms. The van der Waals surface area contributed by atoms with Gasteiger partial charge in [0.1, 0.15) is 5.78 Å². The van der Waals surface area contributed by atoms with Gasteiger partial charge in [-0.2, -0.15) is 4.98 Å². The van der Waals surface area contributed by atoms with Gasteiger partial charge < -0.3 is 4.52 Å². The van der Waals surface area contributed by atoms with Crippen molar-refractivity contribution in [2.24, 2.45) is 0 Å². The molecule has 1 aliphatic rings. The Morgan fingerprint density at radius 1 is 1.29 bits per heavy atom. The number of ketones is 1. The average molecular weight is 236 g/mol. The minimum atomic E-state index is -0.276. The lowest BCUT2D eigenvalue weighted by molar-refractivity contribution is -0.118. The summed E-state index contributed by atoms with van der Waals surface area (Å²) in [6.45, 7) is 3.37. The van der Waals surface area contributed by atoms with Gasteiger partial charge in [-0.15, -0.1) is 0 Å². The molecule has 1 aromatic heterocycles. The topological polar surface area (TPSA) is 56.0 Å². The van der Waals surface area contributed by atoms with Crippen LogP contribution in [0.1, 0.15) is 75.9 Å². The Morgan fingerprint density at radius 2 is 1.94 bits per heavy atom. The quantitative estimate of drug-likeness (QED) is 0.756. The standard InChI is InChI=1S/C13H20N2O2/c1-9(10(2)16)13-14-12(15-17-13)11-7-5-3-4-6-8-11/h9,11H,3-8H2,1-2H3. The minimum absolute atomic E-state index is 0.0704. The summed E-state index contributed by atoms with van der Waals surface area (Å²) in [5.74, 6) is 1.49. The van der Waals surface area contributed by atoms with E-state index in [4.69, 9.17) is 4.52 Å². The maximum atomic E-state index is 11.3. The second-order valence-electron chi connectivity index (χ2n) is 5.01. The van der Waals surface area contributed by atoms with Gasteiger partial charge in [0.15, 0.2) is 5.82 Å². The number of Topliss-reactive ketones (excluding diaryl/α,β-unsaturated/α-hetero) is 1. The Labute approximate surface area is 102 Å². The molecule has 0 amide bonds. The first-order valence-corrected chi connectivity index (χ1v) is 6.52. The van der Waals surface area contributed by atoms with Crippen LogP contribution in [0.25, 0.3) is 0 Å². The summed E-state index contributed by atoms with van der Waals surface area (Å²) < 4.78 is 5.20. The smallest absolute Gasteiger partial charge is 0.236 e. The SMILES string of the molecule is CC(=O)C(C)c1nc(C2CCCCCC2)no1. The summed E-state index contributed by atoms with van der Waals surface area (Å²) in [5, 5.41) is 4.05. The number of hydrogen-bond acceptors (Lipinski definition) is 4. The summed E-state index contributed by atoms with van der Waals surface area (Å²) in [6.07, 6.45) is 7.41. The Bertz CT molecular complexity index is 379. The number of nitrogens with zero attached hydrogens (tertiary/aromatic N) is 2. The molecule has 17 heavy (non-hydrogen) atoms. The molecule has 1 atom stereocenters. The minimum Gasteiger partial charge on any atom is -0.339 e. The van der Waals surface area contributed by atoms with Crippen molar-refractivity contribution in [2.45, 2.75) is 64.2 Å². The van der Waals surface area contributed by atoms with Crippen LogP contribution in [0.4, 0.5) is 0 Å². The molecule has 1 heterocycles. The molecule has 0 N–H and O–H groups in total. The van der Waals surface area contributed by atoms with Crippen LogP contribution in [-0.4, -0.2) is 15.9 Å². The fraction of sp³-hybridized carbons (Fsp3) is 0.769. The van der Waals surface area contributed by atoms with Gasteiger partial charge in [-0.1, -0.05) is 30.8 Å². The Morgan fingerprint density at radius 3 is 2.53 bits per heavy atom. The van der Waals surface area contributed by atoms with E-state index in [1.807, 2.05) is 6.92 Å². The monoisotopic (exact) mass is 236 g/mol. The zero-order chi connectivity index (χ0) is 12.3. The van der Waals surface area contributed by atoms with Crippen molar-refractivity contribution in [1.29, 1.82) is 0 Å². The lowest BCUT2D eigenvalue weighted by atomic mass is 10.00. The Kier molecular flexibility index (Phi) is 3.92. The third-order valence-corrected chi connectivity index (χ3v) is 3.66. The molecule has 1 aliphatic carbocycles. The van der Waals surface area contributed by atoms with Gasteiger partial charge in [-0.05, 0) is 26.7 Å². The maximum absolute atomic E-state index is 11.3. The normalized spacial score (nSPS) is 19.9. The molecule has 0 aromatic carbocycles. The van der Waals surface area contributed by atoms with Crippen molar-refractivity contribution in [3.05, 3.63) is 11.7 Å². The lowest BCUT2D eigenvalue weighted by Gasteiger charge is -2.07. The number of rotatable bonds is 3. The molecule has 1 saturated carbocycles. The zero-order valence-electron chi connectivity index (χ0n) is 10.6. The average Bonchev–Trinajstić information content (AvgIpc) is 2.64. The fourth-order valence-corrected chi connectivity index (χ4v) is 2.30. The molecule has 4 nitrogen and oxygen atoms in total. The highest BCUT2D eigenvalue weighted by Crippen LogP contribution is 2.30. The summed E-state index contributed by atoms with van der Waals surface area (Å²) in [7, 11) is 0. The Hall–Kier alpha value is -1.19. The van der Waals surface area contributed by atoms with Crippen molar-refractivity contribution in [1.82, 2.24) is 10.1 Å². The van der Waals surface area contributed by atoms with Crippen molar-refractivity contribution < 1.29 is 9.32 Å². The molecule has 2 rings (SSSR count). The molecule has 0 aliphatic heterocycles. The van der Waals surface area contributed by atoms with Crippen LogP contribution in [0.2, 0.25) is 0 Å². The highest BCUT2D eigenvalue weighted by atomic mass is 16.5. The van der Waals surface area contributed by atoms with E-state index in [0.29, 0.717) is 11.8 Å². The van der Waals surface area contributed by atoms with Crippen molar-refractivity contribution in [3.8, 4) is 0 Å². The molecular weight excluding hydrogens is 216 g/mol. The first-order valence-electron chi connectivity index (χ1n) is 6.52. The van der Waals surface area contributed by atoms with Gasteiger partial charge in [-0.3, -0.25) is 4.79 Å². The van der Waals surface area contributed by atoms with Gasteiger partial charge in [0.05, 0.1) is 5.92 Å². The van der Waals surface area contributed by atoms with Crippen molar-refractivity contribution >= 4 is 5.78 Å². The predicted octanol–water partition coefficient (Wildman–Crippen LogP) is 3.20. The van der Waals surface area contributed by atoms with Gasteiger partial charge in [0.2, 0.25) is 5.89 Å². The zero-order valence-corrected chi connectivity index (χ0v) is 10.6. The van der Waals surface area contributed by atoms with E-state index in [1.165, 1.54) is 25.7 Å². The number of carbonyl (C=O) groups excluding carboxylic acids is 1. The number of aromatic nitrogens is 2. The largest absolute Gasteiger partial charge is 0.339 e. The van der Waals surface area contributed by atoms with Gasteiger partial charge in [-0.25, -0.2) is 0 Å². The molecule has 0 spiro atoms. The molecule has 1 aromatic rings. The highest BCUT2D eigenvalue weighted by molar-refractivity contribution is 5.81. The van der Waals surface area contributed by atoms with Gasteiger partial charge >= 0.3 is 0 Å². The van der Waals surface area contributed by atoms with Crippen LogP contribution >= 0.6 is 0 Å². The molecule has 94 valence electrons. The van der Waals surface area contributed by atoms with Crippen LogP contribution in [0, 0.1) is 0 Å².